The van der Waals surface area contributed by atoms with Crippen LogP contribution in [0, 0.1) is 5.92 Å². The van der Waals surface area contributed by atoms with Gasteiger partial charge in [-0.15, -0.1) is 0 Å². The Bertz CT molecular complexity index is 657. The fourth-order valence-corrected chi connectivity index (χ4v) is 5.52. The molecule has 0 spiro atoms. The molecule has 0 unspecified atom stereocenters. The van der Waals surface area contributed by atoms with Gasteiger partial charge in [0.15, 0.2) is 5.03 Å². The van der Waals surface area contributed by atoms with Crippen LogP contribution in [-0.2, 0) is 17.1 Å². The van der Waals surface area contributed by atoms with E-state index in [-0.39, 0.29) is 5.03 Å². The lowest BCUT2D eigenvalue weighted by atomic mass is 9.93. The third kappa shape index (κ3) is 3.17. The number of imidazole rings is 1. The summed E-state index contributed by atoms with van der Waals surface area (Å²) in [6.45, 7) is 2.22. The Hall–Kier alpha value is -0.960. The number of rotatable bonds is 4. The normalized spacial score (nSPS) is 30.0. The summed E-state index contributed by atoms with van der Waals surface area (Å²) in [5.41, 5.74) is 0. The highest BCUT2D eigenvalue weighted by Gasteiger charge is 2.44. The first-order valence-electron chi connectivity index (χ1n) is 8.14. The molecule has 7 nitrogen and oxygen atoms in total. The van der Waals surface area contributed by atoms with Crippen LogP contribution in [-0.4, -0.2) is 84.9 Å². The van der Waals surface area contributed by atoms with Gasteiger partial charge in [-0.2, -0.15) is 4.31 Å². The van der Waals surface area contributed by atoms with Crippen molar-refractivity contribution in [2.75, 3.05) is 40.8 Å². The SMILES string of the molecule is CN(C)C[C@@H]1C[C@@H]2CN(S(=O)(=O)c3cn(C)cn3)CC[C@@H]2N1C. The monoisotopic (exact) mass is 341 g/mol. The van der Waals surface area contributed by atoms with E-state index in [1.807, 2.05) is 0 Å². The van der Waals surface area contributed by atoms with Crippen molar-refractivity contribution in [2.45, 2.75) is 30.0 Å². The van der Waals surface area contributed by atoms with Crippen LogP contribution in [0.1, 0.15) is 12.8 Å². The Balaban J connectivity index is 1.73. The van der Waals surface area contributed by atoms with E-state index in [2.05, 4.69) is 35.9 Å². The second-order valence-electron chi connectivity index (χ2n) is 7.17. The highest BCUT2D eigenvalue weighted by atomic mass is 32.2. The molecule has 0 N–H and O–H groups in total. The van der Waals surface area contributed by atoms with E-state index in [9.17, 15) is 8.42 Å². The maximum atomic E-state index is 12.8. The molecule has 0 aliphatic carbocycles. The topological polar surface area (TPSA) is 61.7 Å². The zero-order chi connectivity index (χ0) is 16.8. The largest absolute Gasteiger partial charge is 0.339 e. The second-order valence-corrected chi connectivity index (χ2v) is 9.06. The lowest BCUT2D eigenvalue weighted by molar-refractivity contribution is 0.150. The molecule has 0 radical (unpaired) electrons. The zero-order valence-electron chi connectivity index (χ0n) is 14.4. The Morgan fingerprint density at radius 2 is 2.09 bits per heavy atom. The molecule has 2 aliphatic rings. The number of likely N-dealkylation sites (tertiary alicyclic amines) is 1. The van der Waals surface area contributed by atoms with Crippen LogP contribution in [0.4, 0.5) is 0 Å². The number of sulfonamides is 1. The van der Waals surface area contributed by atoms with Gasteiger partial charge in [0, 0.05) is 45.0 Å². The molecule has 23 heavy (non-hydrogen) atoms. The van der Waals surface area contributed by atoms with Gasteiger partial charge in [0.1, 0.15) is 0 Å². The van der Waals surface area contributed by atoms with E-state index >= 15 is 0 Å². The average molecular weight is 341 g/mol. The van der Waals surface area contributed by atoms with Crippen LogP contribution >= 0.6 is 0 Å². The zero-order valence-corrected chi connectivity index (χ0v) is 15.2. The maximum Gasteiger partial charge on any atom is 0.262 e. The molecular formula is C15H27N5O2S. The molecule has 2 aliphatic heterocycles. The van der Waals surface area contributed by atoms with Gasteiger partial charge >= 0.3 is 0 Å². The third-order valence-corrected chi connectivity index (χ3v) is 6.94. The van der Waals surface area contributed by atoms with Gasteiger partial charge in [0.2, 0.25) is 0 Å². The van der Waals surface area contributed by atoms with Gasteiger partial charge in [-0.1, -0.05) is 0 Å². The summed E-state index contributed by atoms with van der Waals surface area (Å²) < 4.78 is 28.8. The lowest BCUT2D eigenvalue weighted by Crippen LogP contribution is -2.48. The van der Waals surface area contributed by atoms with Crippen molar-refractivity contribution in [1.82, 2.24) is 23.7 Å². The summed E-state index contributed by atoms with van der Waals surface area (Å²) in [6.07, 6.45) is 5.08. The molecule has 0 saturated carbocycles. The summed E-state index contributed by atoms with van der Waals surface area (Å²) in [5.74, 6) is 0.414. The van der Waals surface area contributed by atoms with Gasteiger partial charge in [0.05, 0.1) is 6.33 Å². The molecule has 3 heterocycles. The van der Waals surface area contributed by atoms with Gasteiger partial charge < -0.3 is 9.47 Å². The van der Waals surface area contributed by atoms with E-state index in [4.69, 9.17) is 0 Å². The van der Waals surface area contributed by atoms with E-state index in [1.54, 1.807) is 22.1 Å². The summed E-state index contributed by atoms with van der Waals surface area (Å²) in [5, 5.41) is 0.162. The fraction of sp³-hybridized carbons (Fsp3) is 0.800. The molecule has 0 amide bonds. The summed E-state index contributed by atoms with van der Waals surface area (Å²) in [4.78, 5) is 8.70. The first kappa shape index (κ1) is 16.9. The van der Waals surface area contributed by atoms with Gasteiger partial charge in [-0.05, 0) is 39.9 Å². The standard InChI is InChI=1S/C15H27N5O2S/c1-17(2)9-13-7-12-8-20(6-5-14(12)19(13)4)23(21,22)15-10-18(3)11-16-15/h10-14H,5-9H2,1-4H3/t12-,13+,14+/m1/s1. The Labute approximate surface area is 138 Å². The van der Waals surface area contributed by atoms with E-state index in [0.717, 1.165) is 19.4 Å². The Morgan fingerprint density at radius 3 is 2.70 bits per heavy atom. The predicted octanol–water partition coefficient (Wildman–Crippen LogP) is 0.0650. The number of hydrogen-bond donors (Lipinski definition) is 0. The quantitative estimate of drug-likeness (QED) is 0.775. The number of nitrogens with zero attached hydrogens (tertiary/aromatic N) is 5. The van der Waals surface area contributed by atoms with Crippen LogP contribution in [0.5, 0.6) is 0 Å². The predicted molar refractivity (Wildman–Crippen MR) is 88.6 cm³/mol. The van der Waals surface area contributed by atoms with E-state index < -0.39 is 10.0 Å². The molecule has 1 aromatic heterocycles. The minimum atomic E-state index is -3.47. The molecule has 1 aromatic rings. The maximum absolute atomic E-state index is 12.8. The van der Waals surface area contributed by atoms with Crippen molar-refractivity contribution in [2.24, 2.45) is 13.0 Å². The van der Waals surface area contributed by atoms with Crippen LogP contribution in [0.15, 0.2) is 17.6 Å². The number of piperidine rings is 1. The molecule has 8 heteroatoms. The third-order valence-electron chi connectivity index (χ3n) is 5.19. The summed E-state index contributed by atoms with van der Waals surface area (Å²) in [7, 11) is 4.69. The lowest BCUT2D eigenvalue weighted by Gasteiger charge is -2.36. The van der Waals surface area contributed by atoms with Crippen LogP contribution in [0.2, 0.25) is 0 Å². The summed E-state index contributed by atoms with van der Waals surface area (Å²) in [6, 6.07) is 1.01. The van der Waals surface area contributed by atoms with Crippen molar-refractivity contribution in [3.8, 4) is 0 Å². The fourth-order valence-electron chi connectivity index (χ4n) is 4.04. The number of fused-ring (bicyclic) bond motifs is 1. The number of hydrogen-bond acceptors (Lipinski definition) is 5. The number of aromatic nitrogens is 2. The smallest absolute Gasteiger partial charge is 0.262 e. The number of aryl methyl sites for hydroxylation is 1. The van der Waals surface area contributed by atoms with Crippen LogP contribution < -0.4 is 0 Å². The molecule has 2 saturated heterocycles. The van der Waals surface area contributed by atoms with E-state index in [1.165, 1.54) is 6.33 Å². The highest BCUT2D eigenvalue weighted by Crippen LogP contribution is 2.36. The molecule has 3 atom stereocenters. The van der Waals surface area contributed by atoms with Gasteiger partial charge in [-0.3, -0.25) is 4.90 Å². The minimum absolute atomic E-state index is 0.162. The van der Waals surface area contributed by atoms with Crippen LogP contribution in [0.3, 0.4) is 0 Å². The first-order chi connectivity index (χ1) is 10.8. The summed E-state index contributed by atoms with van der Waals surface area (Å²) >= 11 is 0. The molecule has 0 aromatic carbocycles. The molecule has 3 rings (SSSR count). The second kappa shape index (κ2) is 6.16. The molecule has 130 valence electrons. The first-order valence-corrected chi connectivity index (χ1v) is 9.58. The minimum Gasteiger partial charge on any atom is -0.339 e. The molecule has 2 fully saturated rings. The van der Waals surface area contributed by atoms with Crippen molar-refractivity contribution in [1.29, 1.82) is 0 Å². The van der Waals surface area contributed by atoms with E-state index in [0.29, 0.717) is 31.1 Å². The van der Waals surface area contributed by atoms with Gasteiger partial charge in [-0.25, -0.2) is 13.4 Å². The number of likely N-dealkylation sites (N-methyl/N-ethyl adjacent to an activating group) is 2. The van der Waals surface area contributed by atoms with Crippen molar-refractivity contribution in [3.05, 3.63) is 12.5 Å². The van der Waals surface area contributed by atoms with Crippen LogP contribution in [0.25, 0.3) is 0 Å². The van der Waals surface area contributed by atoms with Crippen molar-refractivity contribution >= 4 is 10.0 Å². The Kier molecular flexibility index (Phi) is 4.52. The van der Waals surface area contributed by atoms with Gasteiger partial charge in [0.25, 0.3) is 10.0 Å². The molecular weight excluding hydrogens is 314 g/mol. The Morgan fingerprint density at radius 1 is 1.35 bits per heavy atom. The highest BCUT2D eigenvalue weighted by molar-refractivity contribution is 7.89. The van der Waals surface area contributed by atoms with Crippen molar-refractivity contribution in [3.63, 3.8) is 0 Å². The van der Waals surface area contributed by atoms with Crippen molar-refractivity contribution < 1.29 is 8.42 Å². The molecule has 0 bridgehead atoms. The average Bonchev–Trinajstić information content (AvgIpc) is 3.04.